The number of hydrogen-bond donors (Lipinski definition) is 0. The predicted molar refractivity (Wildman–Crippen MR) is 73.2 cm³/mol. The quantitative estimate of drug-likeness (QED) is 0.607. The van der Waals surface area contributed by atoms with Crippen molar-refractivity contribution < 1.29 is 13.9 Å². The highest BCUT2D eigenvalue weighted by Crippen LogP contribution is 2.34. The van der Waals surface area contributed by atoms with Crippen LogP contribution in [0, 0.1) is 5.82 Å². The normalized spacial score (nSPS) is 18.9. The Kier molecular flexibility index (Phi) is 4.58. The van der Waals surface area contributed by atoms with Gasteiger partial charge in [0.1, 0.15) is 11.4 Å². The molecule has 1 aliphatic carbocycles. The fourth-order valence-corrected chi connectivity index (χ4v) is 2.94. The summed E-state index contributed by atoms with van der Waals surface area (Å²) < 4.78 is 18.9. The van der Waals surface area contributed by atoms with E-state index in [1.54, 1.807) is 7.11 Å². The molecule has 1 aromatic carbocycles. The summed E-state index contributed by atoms with van der Waals surface area (Å²) in [4.78, 5) is 12.7. The zero-order valence-corrected chi connectivity index (χ0v) is 11.8. The van der Waals surface area contributed by atoms with E-state index in [-0.39, 0.29) is 16.4 Å². The maximum Gasteiger partial charge on any atom is 0.196 e. The van der Waals surface area contributed by atoms with Crippen molar-refractivity contribution in [3.63, 3.8) is 0 Å². The second kappa shape index (κ2) is 6.02. The first-order chi connectivity index (χ1) is 9.09. The molecule has 0 N–H and O–H groups in total. The maximum absolute atomic E-state index is 13.3. The molecule has 104 valence electrons. The van der Waals surface area contributed by atoms with Crippen LogP contribution in [0.15, 0.2) is 18.2 Å². The van der Waals surface area contributed by atoms with Crippen LogP contribution in [0.5, 0.6) is 0 Å². The number of carbonyl (C=O) groups excluding carboxylic acids is 1. The fourth-order valence-electron chi connectivity index (χ4n) is 2.74. The van der Waals surface area contributed by atoms with Crippen molar-refractivity contribution in [2.45, 2.75) is 44.1 Å². The van der Waals surface area contributed by atoms with Gasteiger partial charge in [-0.1, -0.05) is 37.3 Å². The Morgan fingerprint density at radius 2 is 1.89 bits per heavy atom. The second-order valence-electron chi connectivity index (χ2n) is 5.07. The Bertz CT molecular complexity index is 465. The lowest BCUT2D eigenvalue weighted by Crippen LogP contribution is -2.40. The molecule has 0 atom stereocenters. The van der Waals surface area contributed by atoms with Crippen LogP contribution in [-0.4, -0.2) is 18.5 Å². The van der Waals surface area contributed by atoms with Gasteiger partial charge in [-0.25, -0.2) is 4.39 Å². The summed E-state index contributed by atoms with van der Waals surface area (Å²) in [5.74, 6) is -0.644. The zero-order chi connectivity index (χ0) is 13.9. The number of ether oxygens (including phenoxy) is 1. The molecule has 2 rings (SSSR count). The van der Waals surface area contributed by atoms with Crippen molar-refractivity contribution >= 4 is 17.4 Å². The smallest absolute Gasteiger partial charge is 0.196 e. The molecule has 0 amide bonds. The van der Waals surface area contributed by atoms with E-state index in [2.05, 4.69) is 0 Å². The molecule has 1 saturated carbocycles. The van der Waals surface area contributed by atoms with E-state index in [0.717, 1.165) is 25.7 Å². The van der Waals surface area contributed by atoms with Gasteiger partial charge in [0.25, 0.3) is 0 Å². The Labute approximate surface area is 117 Å². The van der Waals surface area contributed by atoms with Gasteiger partial charge in [0, 0.05) is 12.7 Å². The molecule has 1 aromatic rings. The minimum Gasteiger partial charge on any atom is -0.370 e. The molecular formula is C15H18ClFO2. The molecule has 1 fully saturated rings. The molecule has 0 saturated heterocycles. The minimum absolute atomic E-state index is 0.193. The first-order valence-electron chi connectivity index (χ1n) is 6.64. The Balaban J connectivity index is 2.36. The average molecular weight is 285 g/mol. The second-order valence-corrected chi connectivity index (χ2v) is 5.47. The number of halogens is 2. The first-order valence-corrected chi connectivity index (χ1v) is 7.02. The van der Waals surface area contributed by atoms with Crippen LogP contribution in [-0.2, 0) is 4.74 Å². The molecule has 0 heterocycles. The van der Waals surface area contributed by atoms with Crippen LogP contribution in [0.1, 0.15) is 48.9 Å². The largest absolute Gasteiger partial charge is 0.370 e. The number of benzene rings is 1. The highest BCUT2D eigenvalue weighted by Gasteiger charge is 2.39. The van der Waals surface area contributed by atoms with Crippen molar-refractivity contribution in [1.29, 1.82) is 0 Å². The summed E-state index contributed by atoms with van der Waals surface area (Å²) in [6.45, 7) is 0. The highest BCUT2D eigenvalue weighted by atomic mass is 35.5. The van der Waals surface area contributed by atoms with Gasteiger partial charge in [-0.15, -0.1) is 0 Å². The van der Waals surface area contributed by atoms with Crippen LogP contribution < -0.4 is 0 Å². The van der Waals surface area contributed by atoms with E-state index < -0.39 is 11.4 Å². The molecule has 1 aliphatic rings. The number of rotatable bonds is 3. The van der Waals surface area contributed by atoms with Gasteiger partial charge in [-0.2, -0.15) is 0 Å². The molecule has 0 spiro atoms. The topological polar surface area (TPSA) is 26.3 Å². The monoisotopic (exact) mass is 284 g/mol. The Morgan fingerprint density at radius 3 is 2.47 bits per heavy atom. The molecule has 4 heteroatoms. The number of Topliss-reactive ketones (excluding diaryl/α,β-unsaturated/α-hetero) is 1. The molecule has 0 radical (unpaired) electrons. The van der Waals surface area contributed by atoms with E-state index in [1.807, 2.05) is 0 Å². The number of ketones is 1. The third kappa shape index (κ3) is 2.98. The van der Waals surface area contributed by atoms with Gasteiger partial charge in [0.2, 0.25) is 0 Å². The first kappa shape index (κ1) is 14.5. The van der Waals surface area contributed by atoms with Gasteiger partial charge >= 0.3 is 0 Å². The highest BCUT2D eigenvalue weighted by molar-refractivity contribution is 6.34. The van der Waals surface area contributed by atoms with Gasteiger partial charge in [-0.05, 0) is 31.0 Å². The third-order valence-corrected chi connectivity index (χ3v) is 4.22. The Morgan fingerprint density at radius 1 is 1.26 bits per heavy atom. The molecular weight excluding hydrogens is 267 g/mol. The van der Waals surface area contributed by atoms with Crippen LogP contribution in [0.3, 0.4) is 0 Å². The van der Waals surface area contributed by atoms with E-state index in [1.165, 1.54) is 18.2 Å². The predicted octanol–water partition coefficient (Wildman–Crippen LogP) is 4.40. The molecule has 0 aliphatic heterocycles. The van der Waals surface area contributed by atoms with Crippen LogP contribution >= 0.6 is 11.6 Å². The summed E-state index contributed by atoms with van der Waals surface area (Å²) in [6, 6.07) is 3.88. The summed E-state index contributed by atoms with van der Waals surface area (Å²) in [7, 11) is 1.55. The summed E-state index contributed by atoms with van der Waals surface area (Å²) in [6.07, 6.45) is 5.47. The standard InChI is InChI=1S/C15H18ClFO2/c1-19-15(8-4-2-3-5-9-15)14(18)12-10-11(17)6-7-13(12)16/h6-7,10H,2-5,8-9H2,1H3. The van der Waals surface area contributed by atoms with Crippen LogP contribution in [0.4, 0.5) is 4.39 Å². The van der Waals surface area contributed by atoms with Crippen molar-refractivity contribution in [2.75, 3.05) is 7.11 Å². The SMILES string of the molecule is COC1(C(=O)c2cc(F)ccc2Cl)CCCCCC1. The molecule has 2 nitrogen and oxygen atoms in total. The van der Waals surface area contributed by atoms with Gasteiger partial charge in [0.05, 0.1) is 5.02 Å². The summed E-state index contributed by atoms with van der Waals surface area (Å²) >= 11 is 6.03. The average Bonchev–Trinajstić information content (AvgIpc) is 2.67. The summed E-state index contributed by atoms with van der Waals surface area (Å²) in [5.41, 5.74) is -0.612. The van der Waals surface area contributed by atoms with E-state index >= 15 is 0 Å². The van der Waals surface area contributed by atoms with Gasteiger partial charge in [-0.3, -0.25) is 4.79 Å². The van der Waals surface area contributed by atoms with Gasteiger partial charge < -0.3 is 4.74 Å². The van der Waals surface area contributed by atoms with Gasteiger partial charge in [0.15, 0.2) is 5.78 Å². The lowest BCUT2D eigenvalue weighted by Gasteiger charge is -2.30. The van der Waals surface area contributed by atoms with Crippen LogP contribution in [0.2, 0.25) is 5.02 Å². The molecule has 0 aromatic heterocycles. The van der Waals surface area contributed by atoms with E-state index in [4.69, 9.17) is 16.3 Å². The fraction of sp³-hybridized carbons (Fsp3) is 0.533. The molecule has 0 unspecified atom stereocenters. The lowest BCUT2D eigenvalue weighted by molar-refractivity contribution is -0.00693. The lowest BCUT2D eigenvalue weighted by atomic mass is 9.85. The number of methoxy groups -OCH3 is 1. The van der Waals surface area contributed by atoms with E-state index in [9.17, 15) is 9.18 Å². The van der Waals surface area contributed by atoms with Crippen molar-refractivity contribution in [3.8, 4) is 0 Å². The maximum atomic E-state index is 13.3. The molecule has 19 heavy (non-hydrogen) atoms. The van der Waals surface area contributed by atoms with Crippen molar-refractivity contribution in [1.82, 2.24) is 0 Å². The van der Waals surface area contributed by atoms with Crippen molar-refractivity contribution in [3.05, 3.63) is 34.6 Å². The van der Waals surface area contributed by atoms with E-state index in [0.29, 0.717) is 12.8 Å². The third-order valence-electron chi connectivity index (χ3n) is 3.89. The van der Waals surface area contributed by atoms with Crippen molar-refractivity contribution in [2.24, 2.45) is 0 Å². The molecule has 0 bridgehead atoms. The van der Waals surface area contributed by atoms with Crippen LogP contribution in [0.25, 0.3) is 0 Å². The number of carbonyl (C=O) groups is 1. The Hall–Kier alpha value is -0.930. The number of hydrogen-bond acceptors (Lipinski definition) is 2. The summed E-state index contributed by atoms with van der Waals surface area (Å²) in [5, 5.41) is 0.284. The minimum atomic E-state index is -0.839. The zero-order valence-electron chi connectivity index (χ0n) is 11.0.